The van der Waals surface area contributed by atoms with Crippen molar-refractivity contribution in [1.29, 1.82) is 0 Å². The topological polar surface area (TPSA) is 87.7 Å². The average molecular weight is 263 g/mol. The van der Waals surface area contributed by atoms with Crippen molar-refractivity contribution in [3.63, 3.8) is 0 Å². The van der Waals surface area contributed by atoms with Gasteiger partial charge in [-0.1, -0.05) is 12.1 Å². The van der Waals surface area contributed by atoms with Crippen LogP contribution in [0.1, 0.15) is 6.92 Å². The molecule has 7 nitrogen and oxygen atoms in total. The van der Waals surface area contributed by atoms with Gasteiger partial charge in [-0.25, -0.2) is 0 Å². The summed E-state index contributed by atoms with van der Waals surface area (Å²) < 4.78 is 5.25. The van der Waals surface area contributed by atoms with E-state index in [1.807, 2.05) is 0 Å². The van der Waals surface area contributed by atoms with E-state index in [0.717, 1.165) is 0 Å². The number of hydrazine groups is 1. The van der Waals surface area contributed by atoms with Gasteiger partial charge in [0.25, 0.3) is 11.8 Å². The first kappa shape index (κ1) is 12.9. The van der Waals surface area contributed by atoms with Gasteiger partial charge < -0.3 is 4.74 Å². The lowest BCUT2D eigenvalue weighted by Gasteiger charge is -2.28. The molecule has 2 N–H and O–H groups in total. The van der Waals surface area contributed by atoms with Crippen molar-refractivity contribution in [1.82, 2.24) is 10.9 Å². The first-order valence-corrected chi connectivity index (χ1v) is 5.65. The van der Waals surface area contributed by atoms with E-state index < -0.39 is 5.91 Å². The Balaban J connectivity index is 2.09. The number of anilines is 1. The molecule has 0 aliphatic carbocycles. The molecule has 0 aromatic heterocycles. The quantitative estimate of drug-likeness (QED) is 0.709. The first-order chi connectivity index (χ1) is 9.08. The van der Waals surface area contributed by atoms with Gasteiger partial charge in [0.05, 0.1) is 5.69 Å². The monoisotopic (exact) mass is 263 g/mol. The number of nitrogens with zero attached hydrogens (tertiary/aromatic N) is 1. The molecule has 2 rings (SSSR count). The molecule has 19 heavy (non-hydrogen) atoms. The van der Waals surface area contributed by atoms with E-state index in [0.29, 0.717) is 11.4 Å². The molecule has 1 aromatic carbocycles. The number of carbonyl (C=O) groups is 3. The van der Waals surface area contributed by atoms with Gasteiger partial charge in [0, 0.05) is 6.92 Å². The summed E-state index contributed by atoms with van der Waals surface area (Å²) in [5.41, 5.74) is 4.91. The van der Waals surface area contributed by atoms with Gasteiger partial charge in [0.15, 0.2) is 6.61 Å². The molecule has 0 unspecified atom stereocenters. The van der Waals surface area contributed by atoms with Crippen molar-refractivity contribution < 1.29 is 19.1 Å². The molecular weight excluding hydrogens is 250 g/mol. The average Bonchev–Trinajstić information content (AvgIpc) is 2.40. The molecular formula is C12H13N3O4. The maximum Gasteiger partial charge on any atom is 0.265 e. The molecule has 1 aliphatic rings. The number of benzene rings is 1. The Labute approximate surface area is 109 Å². The number of para-hydroxylation sites is 2. The van der Waals surface area contributed by atoms with Crippen LogP contribution in [-0.2, 0) is 14.4 Å². The van der Waals surface area contributed by atoms with Crippen molar-refractivity contribution in [2.75, 3.05) is 18.1 Å². The van der Waals surface area contributed by atoms with Gasteiger partial charge in [-0.3, -0.25) is 30.1 Å². The zero-order valence-electron chi connectivity index (χ0n) is 10.3. The predicted molar refractivity (Wildman–Crippen MR) is 66.2 cm³/mol. The fourth-order valence-corrected chi connectivity index (χ4v) is 1.67. The number of ether oxygens (including phenoxy) is 1. The second kappa shape index (κ2) is 5.38. The highest BCUT2D eigenvalue weighted by Crippen LogP contribution is 2.30. The second-order valence-electron chi connectivity index (χ2n) is 3.97. The maximum absolute atomic E-state index is 11.8. The molecule has 1 aromatic rings. The summed E-state index contributed by atoms with van der Waals surface area (Å²) in [6, 6.07) is 6.95. The maximum atomic E-state index is 11.8. The molecule has 7 heteroatoms. The summed E-state index contributed by atoms with van der Waals surface area (Å²) in [4.78, 5) is 35.4. The number of carbonyl (C=O) groups excluding carboxylic acids is 3. The first-order valence-electron chi connectivity index (χ1n) is 5.65. The van der Waals surface area contributed by atoms with E-state index in [1.165, 1.54) is 11.8 Å². The molecule has 1 aliphatic heterocycles. The fraction of sp³-hybridized carbons (Fsp3) is 0.250. The largest absolute Gasteiger partial charge is 0.482 e. The van der Waals surface area contributed by atoms with Crippen molar-refractivity contribution in [2.24, 2.45) is 0 Å². The lowest BCUT2D eigenvalue weighted by Crippen LogP contribution is -2.49. The molecule has 0 spiro atoms. The van der Waals surface area contributed by atoms with E-state index in [1.54, 1.807) is 24.3 Å². The fourth-order valence-electron chi connectivity index (χ4n) is 1.67. The lowest BCUT2D eigenvalue weighted by molar-refractivity contribution is -0.128. The number of fused-ring (bicyclic) bond motifs is 1. The zero-order valence-corrected chi connectivity index (χ0v) is 10.3. The Morgan fingerprint density at radius 1 is 1.32 bits per heavy atom. The third-order valence-electron chi connectivity index (χ3n) is 2.49. The van der Waals surface area contributed by atoms with Gasteiger partial charge >= 0.3 is 0 Å². The van der Waals surface area contributed by atoms with Crippen molar-refractivity contribution in [3.05, 3.63) is 24.3 Å². The van der Waals surface area contributed by atoms with Gasteiger partial charge in [-0.2, -0.15) is 0 Å². The van der Waals surface area contributed by atoms with Crippen LogP contribution in [0.5, 0.6) is 5.75 Å². The Kier molecular flexibility index (Phi) is 3.65. The summed E-state index contributed by atoms with van der Waals surface area (Å²) in [6.45, 7) is 0.986. The van der Waals surface area contributed by atoms with E-state index in [2.05, 4.69) is 10.9 Å². The van der Waals surface area contributed by atoms with Crippen molar-refractivity contribution in [3.8, 4) is 5.75 Å². The SMILES string of the molecule is CC(=O)NNC(=O)CN1C(=O)COc2ccccc21. The summed E-state index contributed by atoms with van der Waals surface area (Å²) >= 11 is 0. The van der Waals surface area contributed by atoms with E-state index in [9.17, 15) is 14.4 Å². The zero-order chi connectivity index (χ0) is 13.8. The number of rotatable bonds is 2. The minimum absolute atomic E-state index is 0.107. The highest BCUT2D eigenvalue weighted by Gasteiger charge is 2.26. The lowest BCUT2D eigenvalue weighted by atomic mass is 10.2. The second-order valence-corrected chi connectivity index (χ2v) is 3.97. The minimum atomic E-state index is -0.486. The predicted octanol–water partition coefficient (Wildman–Crippen LogP) is -0.421. The summed E-state index contributed by atoms with van der Waals surface area (Å²) in [5.74, 6) is -0.631. The van der Waals surface area contributed by atoms with Crippen LogP contribution in [0.4, 0.5) is 5.69 Å². The van der Waals surface area contributed by atoms with Gasteiger partial charge in [-0.05, 0) is 12.1 Å². The highest BCUT2D eigenvalue weighted by molar-refractivity contribution is 6.02. The normalized spacial score (nSPS) is 13.3. The van der Waals surface area contributed by atoms with Crippen LogP contribution in [0.2, 0.25) is 0 Å². The van der Waals surface area contributed by atoms with Crippen LogP contribution in [0.15, 0.2) is 24.3 Å². The van der Waals surface area contributed by atoms with Gasteiger partial charge in [0.2, 0.25) is 5.91 Å². The molecule has 1 heterocycles. The van der Waals surface area contributed by atoms with Crippen LogP contribution >= 0.6 is 0 Å². The molecule has 0 atom stereocenters. The molecule has 3 amide bonds. The number of hydrogen-bond donors (Lipinski definition) is 2. The third kappa shape index (κ3) is 3.01. The van der Waals surface area contributed by atoms with Crippen LogP contribution in [-0.4, -0.2) is 30.9 Å². The van der Waals surface area contributed by atoms with Crippen LogP contribution in [0, 0.1) is 0 Å². The summed E-state index contributed by atoms with van der Waals surface area (Å²) in [7, 11) is 0. The van der Waals surface area contributed by atoms with Crippen LogP contribution < -0.4 is 20.5 Å². The van der Waals surface area contributed by atoms with Crippen molar-refractivity contribution in [2.45, 2.75) is 6.92 Å². The number of amides is 3. The molecule has 100 valence electrons. The van der Waals surface area contributed by atoms with Crippen LogP contribution in [0.25, 0.3) is 0 Å². The Bertz CT molecular complexity index is 529. The Morgan fingerprint density at radius 2 is 2.05 bits per heavy atom. The van der Waals surface area contributed by atoms with E-state index in [4.69, 9.17) is 4.74 Å². The minimum Gasteiger partial charge on any atom is -0.482 e. The summed E-state index contributed by atoms with van der Waals surface area (Å²) in [5, 5.41) is 0. The highest BCUT2D eigenvalue weighted by atomic mass is 16.5. The van der Waals surface area contributed by atoms with Crippen molar-refractivity contribution >= 4 is 23.4 Å². The molecule has 0 radical (unpaired) electrons. The number of hydrogen-bond acceptors (Lipinski definition) is 4. The van der Waals surface area contributed by atoms with Crippen LogP contribution in [0.3, 0.4) is 0 Å². The molecule has 0 bridgehead atoms. The standard InChI is InChI=1S/C12H13N3O4/c1-8(16)13-14-11(17)6-15-9-4-2-3-5-10(9)19-7-12(15)18/h2-5H,6-7H2,1H3,(H,13,16)(H,14,17). The van der Waals surface area contributed by atoms with Gasteiger partial charge in [0.1, 0.15) is 12.3 Å². The third-order valence-corrected chi connectivity index (χ3v) is 2.49. The van der Waals surface area contributed by atoms with E-state index >= 15 is 0 Å². The Morgan fingerprint density at radius 3 is 2.79 bits per heavy atom. The van der Waals surface area contributed by atoms with Gasteiger partial charge in [-0.15, -0.1) is 0 Å². The molecule has 0 saturated carbocycles. The molecule has 0 saturated heterocycles. The smallest absolute Gasteiger partial charge is 0.265 e. The number of nitrogens with one attached hydrogen (secondary N) is 2. The Hall–Kier alpha value is -2.57. The van der Waals surface area contributed by atoms with E-state index in [-0.39, 0.29) is 25.0 Å². The summed E-state index contributed by atoms with van der Waals surface area (Å²) in [6.07, 6.45) is 0. The molecule has 0 fully saturated rings.